The molecule has 0 saturated carbocycles. The Labute approximate surface area is 184 Å². The Kier molecular flexibility index (Phi) is 7.11. The zero-order valence-corrected chi connectivity index (χ0v) is 17.9. The van der Waals surface area contributed by atoms with Crippen molar-refractivity contribution in [3.8, 4) is 12.1 Å². The molecule has 3 rings (SSSR count). The fourth-order valence-corrected chi connectivity index (χ4v) is 4.70. The van der Waals surface area contributed by atoms with E-state index in [1.54, 1.807) is 29.2 Å². The molecule has 160 valence electrons. The van der Waals surface area contributed by atoms with Crippen LogP contribution in [-0.2, 0) is 11.2 Å². The van der Waals surface area contributed by atoms with Gasteiger partial charge in [-0.2, -0.15) is 10.5 Å². The molecule has 3 atom stereocenters. The molecule has 0 spiro atoms. The van der Waals surface area contributed by atoms with E-state index in [1.165, 1.54) is 0 Å². The molecule has 0 bridgehead atoms. The van der Waals surface area contributed by atoms with Gasteiger partial charge in [0, 0.05) is 12.6 Å². The number of carbonyl (C=O) groups is 1. The molecule has 9 heteroatoms. The summed E-state index contributed by atoms with van der Waals surface area (Å²) in [5.74, 6) is -0.259. The van der Waals surface area contributed by atoms with E-state index >= 15 is 0 Å². The van der Waals surface area contributed by atoms with Crippen molar-refractivity contribution in [2.24, 2.45) is 11.5 Å². The molecule has 1 aromatic heterocycles. The van der Waals surface area contributed by atoms with Gasteiger partial charge in [0.15, 0.2) is 0 Å². The number of pyridine rings is 1. The number of rotatable bonds is 6. The second-order valence-corrected chi connectivity index (χ2v) is 8.37. The summed E-state index contributed by atoms with van der Waals surface area (Å²) in [6.07, 6.45) is -0.416. The van der Waals surface area contributed by atoms with E-state index in [9.17, 15) is 19.7 Å². The van der Waals surface area contributed by atoms with Gasteiger partial charge >= 0.3 is 0 Å². The van der Waals surface area contributed by atoms with Crippen LogP contribution in [0.1, 0.15) is 40.8 Å². The molecule has 31 heavy (non-hydrogen) atoms. The summed E-state index contributed by atoms with van der Waals surface area (Å²) < 4.78 is 14.3. The second-order valence-electron chi connectivity index (χ2n) is 7.27. The number of hydrogen-bond acceptors (Lipinski definition) is 7. The molecular formula is C22H23FN6OS. The normalized spacial score (nSPS) is 19.3. The summed E-state index contributed by atoms with van der Waals surface area (Å²) in [4.78, 5) is 18.5. The fourth-order valence-electron chi connectivity index (χ4n) is 3.64. The lowest BCUT2D eigenvalue weighted by Crippen LogP contribution is -2.49. The van der Waals surface area contributed by atoms with E-state index < -0.39 is 23.4 Å². The molecule has 1 unspecified atom stereocenters. The van der Waals surface area contributed by atoms with Gasteiger partial charge in [0.05, 0.1) is 17.7 Å². The Bertz CT molecular complexity index is 1050. The molecule has 1 amide bonds. The summed E-state index contributed by atoms with van der Waals surface area (Å²) in [7, 11) is 0. The lowest BCUT2D eigenvalue weighted by Gasteiger charge is -2.34. The highest BCUT2D eigenvalue weighted by Gasteiger charge is 2.31. The number of anilines is 1. The maximum atomic E-state index is 14.3. The van der Waals surface area contributed by atoms with Crippen LogP contribution in [0.2, 0.25) is 0 Å². The summed E-state index contributed by atoms with van der Waals surface area (Å²) in [6.45, 7) is 2.29. The van der Waals surface area contributed by atoms with Crippen molar-refractivity contribution in [1.29, 1.82) is 10.5 Å². The number of halogens is 1. The van der Waals surface area contributed by atoms with E-state index in [4.69, 9.17) is 11.5 Å². The van der Waals surface area contributed by atoms with Gasteiger partial charge in [-0.15, -0.1) is 0 Å². The number of benzene rings is 1. The SMILES string of the molecule is CCc1c(C#N)c(SC(C(N)=O)c2ccccc2)nc(N2CC[C@@H](N)[C@H](F)C2)c1C#N. The highest BCUT2D eigenvalue weighted by atomic mass is 32.2. The minimum Gasteiger partial charge on any atom is -0.368 e. The van der Waals surface area contributed by atoms with Gasteiger partial charge in [-0.3, -0.25) is 4.79 Å². The molecular weight excluding hydrogens is 415 g/mol. The number of amides is 1. The van der Waals surface area contributed by atoms with Crippen LogP contribution < -0.4 is 16.4 Å². The van der Waals surface area contributed by atoms with Gasteiger partial charge in [-0.25, -0.2) is 9.37 Å². The third-order valence-corrected chi connectivity index (χ3v) is 6.57. The summed E-state index contributed by atoms with van der Waals surface area (Å²) >= 11 is 1.07. The van der Waals surface area contributed by atoms with Gasteiger partial charge in [-0.1, -0.05) is 49.0 Å². The van der Waals surface area contributed by atoms with E-state index in [-0.39, 0.29) is 17.7 Å². The summed E-state index contributed by atoms with van der Waals surface area (Å²) in [6, 6.07) is 12.7. The molecule has 1 aliphatic rings. The number of nitriles is 2. The predicted molar refractivity (Wildman–Crippen MR) is 117 cm³/mol. The Balaban J connectivity index is 2.12. The number of hydrogen-bond donors (Lipinski definition) is 2. The topological polar surface area (TPSA) is 133 Å². The summed E-state index contributed by atoms with van der Waals surface area (Å²) in [5, 5.41) is 19.2. The first kappa shape index (κ1) is 22.5. The molecule has 0 aliphatic carbocycles. The van der Waals surface area contributed by atoms with Crippen molar-refractivity contribution in [3.63, 3.8) is 0 Å². The highest BCUT2D eigenvalue weighted by molar-refractivity contribution is 8.00. The molecule has 7 nitrogen and oxygen atoms in total. The largest absolute Gasteiger partial charge is 0.368 e. The minimum atomic E-state index is -1.25. The third kappa shape index (κ3) is 4.63. The number of thioether (sulfide) groups is 1. The Hall–Kier alpha value is -3.14. The predicted octanol–water partition coefficient (Wildman–Crippen LogP) is 2.58. The molecule has 1 aromatic carbocycles. The van der Waals surface area contributed by atoms with Crippen molar-refractivity contribution >= 4 is 23.5 Å². The molecule has 0 radical (unpaired) electrons. The number of aromatic nitrogens is 1. The monoisotopic (exact) mass is 438 g/mol. The third-order valence-electron chi connectivity index (χ3n) is 5.31. The first-order valence-corrected chi connectivity index (χ1v) is 10.8. The van der Waals surface area contributed by atoms with Gasteiger partial charge in [-0.05, 0) is 24.0 Å². The first-order chi connectivity index (χ1) is 14.9. The molecule has 1 saturated heterocycles. The van der Waals surface area contributed by atoms with Crippen LogP contribution in [0.3, 0.4) is 0 Å². The fraction of sp³-hybridized carbons (Fsp3) is 0.364. The van der Waals surface area contributed by atoms with Crippen LogP contribution in [0.4, 0.5) is 10.2 Å². The number of alkyl halides is 1. The molecule has 2 heterocycles. The van der Waals surface area contributed by atoms with Crippen LogP contribution in [0.25, 0.3) is 0 Å². The zero-order valence-electron chi connectivity index (χ0n) is 17.1. The number of primary amides is 1. The average molecular weight is 439 g/mol. The smallest absolute Gasteiger partial charge is 0.235 e. The lowest BCUT2D eigenvalue weighted by molar-refractivity contribution is -0.117. The number of carbonyl (C=O) groups excluding carboxylic acids is 1. The van der Waals surface area contributed by atoms with Gasteiger partial charge in [0.2, 0.25) is 5.91 Å². The van der Waals surface area contributed by atoms with Crippen molar-refractivity contribution in [1.82, 2.24) is 4.98 Å². The number of nitrogens with zero attached hydrogens (tertiary/aromatic N) is 4. The average Bonchev–Trinajstić information content (AvgIpc) is 2.78. The first-order valence-electron chi connectivity index (χ1n) is 9.93. The van der Waals surface area contributed by atoms with Crippen LogP contribution >= 0.6 is 11.8 Å². The second kappa shape index (κ2) is 9.78. The Morgan fingerprint density at radius 3 is 2.55 bits per heavy atom. The standard InChI is InChI=1S/C22H23FN6OS/c1-2-14-15(10-24)21(29-9-8-18(26)17(23)12-29)28-22(16(14)11-25)31-19(20(27)30)13-6-4-3-5-7-13/h3-7,17-19H,2,8-9,12,26H2,1H3,(H2,27,30)/t17-,18-,19?/m1/s1. The van der Waals surface area contributed by atoms with Crippen molar-refractivity contribution < 1.29 is 9.18 Å². The number of nitrogens with two attached hydrogens (primary N) is 2. The van der Waals surface area contributed by atoms with Crippen molar-refractivity contribution in [3.05, 3.63) is 52.6 Å². The molecule has 4 N–H and O–H groups in total. The van der Waals surface area contributed by atoms with Gasteiger partial charge in [0.25, 0.3) is 0 Å². The molecule has 1 aliphatic heterocycles. The van der Waals surface area contributed by atoms with Crippen molar-refractivity contribution in [2.45, 2.75) is 42.3 Å². The van der Waals surface area contributed by atoms with Crippen LogP contribution in [0.15, 0.2) is 35.4 Å². The van der Waals surface area contributed by atoms with Crippen LogP contribution in [0, 0.1) is 22.7 Å². The Morgan fingerprint density at radius 2 is 2.00 bits per heavy atom. The van der Waals surface area contributed by atoms with E-state index in [0.29, 0.717) is 41.4 Å². The van der Waals surface area contributed by atoms with E-state index in [2.05, 4.69) is 17.1 Å². The van der Waals surface area contributed by atoms with E-state index in [1.807, 2.05) is 13.0 Å². The maximum Gasteiger partial charge on any atom is 0.235 e. The van der Waals surface area contributed by atoms with E-state index in [0.717, 1.165) is 11.8 Å². The quantitative estimate of drug-likeness (QED) is 0.662. The van der Waals surface area contributed by atoms with Crippen LogP contribution in [0.5, 0.6) is 0 Å². The lowest BCUT2D eigenvalue weighted by atomic mass is 9.99. The van der Waals surface area contributed by atoms with Crippen molar-refractivity contribution in [2.75, 3.05) is 18.0 Å². The maximum absolute atomic E-state index is 14.3. The van der Waals surface area contributed by atoms with Gasteiger partial charge < -0.3 is 16.4 Å². The minimum absolute atomic E-state index is 0.0138. The molecule has 2 aromatic rings. The van der Waals surface area contributed by atoms with Gasteiger partial charge in [0.1, 0.15) is 34.4 Å². The van der Waals surface area contributed by atoms with Crippen LogP contribution in [-0.4, -0.2) is 36.2 Å². The molecule has 1 fully saturated rings. The number of piperidine rings is 1. The Morgan fingerprint density at radius 1 is 1.32 bits per heavy atom. The zero-order chi connectivity index (χ0) is 22.5. The summed E-state index contributed by atoms with van der Waals surface area (Å²) in [5.41, 5.74) is 13.1. The highest BCUT2D eigenvalue weighted by Crippen LogP contribution is 2.39.